The Morgan fingerprint density at radius 3 is 2.88 bits per heavy atom. The summed E-state index contributed by atoms with van der Waals surface area (Å²) < 4.78 is 5.13. The van der Waals surface area contributed by atoms with E-state index in [1.54, 1.807) is 36.2 Å². The highest BCUT2D eigenvalue weighted by Crippen LogP contribution is 2.26. The second-order valence-corrected chi connectivity index (χ2v) is 3.40. The number of anilines is 1. The van der Waals surface area contributed by atoms with Crippen LogP contribution in [0.5, 0.6) is 5.75 Å². The molecule has 16 heavy (non-hydrogen) atoms. The van der Waals surface area contributed by atoms with E-state index in [-0.39, 0.29) is 5.91 Å². The van der Waals surface area contributed by atoms with Gasteiger partial charge >= 0.3 is 0 Å². The van der Waals surface area contributed by atoms with Crippen molar-refractivity contribution < 1.29 is 9.53 Å². The number of nitrogens with two attached hydrogens (primary N) is 1. The summed E-state index contributed by atoms with van der Waals surface area (Å²) in [5, 5.41) is 0. The summed E-state index contributed by atoms with van der Waals surface area (Å²) in [6, 6.07) is 5.12. The van der Waals surface area contributed by atoms with Gasteiger partial charge in [0, 0.05) is 13.6 Å². The quantitative estimate of drug-likeness (QED) is 0.618. The average molecular weight is 220 g/mol. The molecule has 0 fully saturated rings. The van der Waals surface area contributed by atoms with Crippen molar-refractivity contribution in [3.63, 3.8) is 0 Å². The van der Waals surface area contributed by atoms with E-state index in [1.165, 1.54) is 7.11 Å². The van der Waals surface area contributed by atoms with Crippen LogP contribution in [0.1, 0.15) is 10.4 Å². The first-order valence-electron chi connectivity index (χ1n) is 4.90. The Balaban J connectivity index is 3.08. The van der Waals surface area contributed by atoms with Crippen LogP contribution in [0.25, 0.3) is 0 Å². The molecular formula is C12H16N2O2. The normalized spacial score (nSPS) is 9.62. The van der Waals surface area contributed by atoms with Gasteiger partial charge in [-0.25, -0.2) is 0 Å². The molecule has 0 aliphatic rings. The molecule has 0 aliphatic carbocycles. The molecule has 86 valence electrons. The minimum Gasteiger partial charge on any atom is -0.494 e. The first-order chi connectivity index (χ1) is 7.61. The highest BCUT2D eigenvalue weighted by atomic mass is 16.5. The molecule has 1 aromatic carbocycles. The molecule has 1 amide bonds. The molecule has 1 aromatic rings. The lowest BCUT2D eigenvalue weighted by Crippen LogP contribution is -2.27. The zero-order valence-electron chi connectivity index (χ0n) is 9.56. The van der Waals surface area contributed by atoms with Crippen molar-refractivity contribution >= 4 is 11.6 Å². The van der Waals surface area contributed by atoms with Crippen LogP contribution in [0.4, 0.5) is 5.69 Å². The zero-order chi connectivity index (χ0) is 12.1. The Morgan fingerprint density at radius 1 is 1.62 bits per heavy atom. The van der Waals surface area contributed by atoms with Gasteiger partial charge in [-0.2, -0.15) is 0 Å². The summed E-state index contributed by atoms with van der Waals surface area (Å²) in [5.74, 6) is 0.285. The van der Waals surface area contributed by atoms with Crippen LogP contribution in [0.3, 0.4) is 0 Å². The molecule has 2 N–H and O–H groups in total. The third kappa shape index (κ3) is 2.34. The lowest BCUT2D eigenvalue weighted by Gasteiger charge is -2.17. The standard InChI is InChI=1S/C12H16N2O2/c1-4-8-14(2)12(15)9-6-5-7-10(13)11(9)16-3/h4-7H,1,8,13H2,2-3H3. The number of carbonyl (C=O) groups excluding carboxylic acids is 1. The first-order valence-corrected chi connectivity index (χ1v) is 4.90. The monoisotopic (exact) mass is 220 g/mol. The van der Waals surface area contributed by atoms with Gasteiger partial charge in [-0.05, 0) is 12.1 Å². The highest BCUT2D eigenvalue weighted by molar-refractivity contribution is 5.98. The Kier molecular flexibility index (Phi) is 3.94. The van der Waals surface area contributed by atoms with Crippen LogP contribution >= 0.6 is 0 Å². The second kappa shape index (κ2) is 5.21. The van der Waals surface area contributed by atoms with Crippen molar-refractivity contribution in [2.75, 3.05) is 26.4 Å². The molecule has 0 aliphatic heterocycles. The van der Waals surface area contributed by atoms with Gasteiger partial charge in [0.15, 0.2) is 5.75 Å². The van der Waals surface area contributed by atoms with Gasteiger partial charge in [-0.3, -0.25) is 4.79 Å². The molecular weight excluding hydrogens is 204 g/mol. The minimum atomic E-state index is -0.135. The number of carbonyl (C=O) groups is 1. The maximum atomic E-state index is 12.0. The minimum absolute atomic E-state index is 0.135. The molecule has 0 unspecified atom stereocenters. The van der Waals surface area contributed by atoms with Crippen LogP contribution in [0.15, 0.2) is 30.9 Å². The molecule has 0 saturated carbocycles. The van der Waals surface area contributed by atoms with Crippen LogP contribution in [0, 0.1) is 0 Å². The Bertz CT molecular complexity index is 402. The topological polar surface area (TPSA) is 55.6 Å². The van der Waals surface area contributed by atoms with E-state index in [9.17, 15) is 4.79 Å². The lowest BCUT2D eigenvalue weighted by molar-refractivity contribution is 0.0807. The number of nitrogens with zero attached hydrogens (tertiary/aromatic N) is 1. The molecule has 4 nitrogen and oxygen atoms in total. The van der Waals surface area contributed by atoms with E-state index in [1.807, 2.05) is 0 Å². The third-order valence-corrected chi connectivity index (χ3v) is 2.23. The Hall–Kier alpha value is -1.97. The summed E-state index contributed by atoms with van der Waals surface area (Å²) in [6.07, 6.45) is 1.66. The summed E-state index contributed by atoms with van der Waals surface area (Å²) >= 11 is 0. The third-order valence-electron chi connectivity index (χ3n) is 2.23. The predicted molar refractivity (Wildman–Crippen MR) is 64.6 cm³/mol. The van der Waals surface area contributed by atoms with Crippen LogP contribution in [-0.2, 0) is 0 Å². The van der Waals surface area contributed by atoms with Gasteiger partial charge in [0.2, 0.25) is 0 Å². The fourth-order valence-corrected chi connectivity index (χ4v) is 1.43. The van der Waals surface area contributed by atoms with E-state index in [0.717, 1.165) is 0 Å². The summed E-state index contributed by atoms with van der Waals surface area (Å²) in [6.45, 7) is 4.07. The fourth-order valence-electron chi connectivity index (χ4n) is 1.43. The number of amides is 1. The predicted octanol–water partition coefficient (Wildman–Crippen LogP) is 1.54. The maximum Gasteiger partial charge on any atom is 0.257 e. The number of para-hydroxylation sites is 1. The van der Waals surface area contributed by atoms with Gasteiger partial charge in [0.1, 0.15) is 0 Å². The molecule has 1 rings (SSSR count). The first kappa shape index (κ1) is 12.1. The van der Waals surface area contributed by atoms with Crippen molar-refractivity contribution in [3.05, 3.63) is 36.4 Å². The van der Waals surface area contributed by atoms with Crippen molar-refractivity contribution in [1.82, 2.24) is 4.90 Å². The summed E-state index contributed by atoms with van der Waals surface area (Å²) in [4.78, 5) is 13.6. The van der Waals surface area contributed by atoms with E-state index in [4.69, 9.17) is 10.5 Å². The average Bonchev–Trinajstić information content (AvgIpc) is 2.28. The number of methoxy groups -OCH3 is 1. The van der Waals surface area contributed by atoms with Gasteiger partial charge < -0.3 is 15.4 Å². The van der Waals surface area contributed by atoms with Gasteiger partial charge in [0.05, 0.1) is 18.4 Å². The van der Waals surface area contributed by atoms with Gasteiger partial charge in [-0.15, -0.1) is 6.58 Å². The molecule has 0 saturated heterocycles. The zero-order valence-corrected chi connectivity index (χ0v) is 9.56. The molecule has 0 atom stereocenters. The van der Waals surface area contributed by atoms with Crippen LogP contribution in [-0.4, -0.2) is 31.5 Å². The van der Waals surface area contributed by atoms with Crippen molar-refractivity contribution in [2.24, 2.45) is 0 Å². The Labute approximate surface area is 95.3 Å². The number of ether oxygens (including phenoxy) is 1. The molecule has 0 aromatic heterocycles. The summed E-state index contributed by atoms with van der Waals surface area (Å²) in [7, 11) is 3.20. The molecule has 4 heteroatoms. The largest absolute Gasteiger partial charge is 0.494 e. The van der Waals surface area contributed by atoms with E-state index >= 15 is 0 Å². The van der Waals surface area contributed by atoms with E-state index < -0.39 is 0 Å². The number of hydrogen-bond donors (Lipinski definition) is 1. The lowest BCUT2D eigenvalue weighted by atomic mass is 10.1. The van der Waals surface area contributed by atoms with Crippen LogP contribution < -0.4 is 10.5 Å². The number of nitrogen functional groups attached to an aromatic ring is 1. The van der Waals surface area contributed by atoms with Gasteiger partial charge in [-0.1, -0.05) is 12.1 Å². The second-order valence-electron chi connectivity index (χ2n) is 3.40. The number of benzene rings is 1. The fraction of sp³-hybridized carbons (Fsp3) is 0.250. The number of hydrogen-bond acceptors (Lipinski definition) is 3. The SMILES string of the molecule is C=CCN(C)C(=O)c1cccc(N)c1OC. The van der Waals surface area contributed by atoms with Gasteiger partial charge in [0.25, 0.3) is 5.91 Å². The molecule has 0 radical (unpaired) electrons. The van der Waals surface area contributed by atoms with Crippen molar-refractivity contribution in [1.29, 1.82) is 0 Å². The molecule has 0 spiro atoms. The van der Waals surface area contributed by atoms with Crippen molar-refractivity contribution in [2.45, 2.75) is 0 Å². The maximum absolute atomic E-state index is 12.0. The van der Waals surface area contributed by atoms with E-state index in [2.05, 4.69) is 6.58 Å². The van der Waals surface area contributed by atoms with Crippen LogP contribution in [0.2, 0.25) is 0 Å². The number of rotatable bonds is 4. The number of likely N-dealkylation sites (N-methyl/N-ethyl adjacent to an activating group) is 1. The highest BCUT2D eigenvalue weighted by Gasteiger charge is 2.17. The van der Waals surface area contributed by atoms with Crippen molar-refractivity contribution in [3.8, 4) is 5.75 Å². The smallest absolute Gasteiger partial charge is 0.257 e. The van der Waals surface area contributed by atoms with E-state index in [0.29, 0.717) is 23.5 Å². The Morgan fingerprint density at radius 2 is 2.31 bits per heavy atom. The summed E-state index contributed by atoms with van der Waals surface area (Å²) in [5.41, 5.74) is 6.65. The molecule has 0 heterocycles. The molecule has 0 bridgehead atoms.